The van der Waals surface area contributed by atoms with Crippen LogP contribution in [0.3, 0.4) is 0 Å². The van der Waals surface area contributed by atoms with Gasteiger partial charge in [0.15, 0.2) is 0 Å². The number of pyridine rings is 1. The van der Waals surface area contributed by atoms with Gasteiger partial charge in [0.2, 0.25) is 11.8 Å². The van der Waals surface area contributed by atoms with Gasteiger partial charge >= 0.3 is 0 Å². The highest BCUT2D eigenvalue weighted by molar-refractivity contribution is 6.36. The number of halogens is 2. The van der Waals surface area contributed by atoms with Gasteiger partial charge in [0.1, 0.15) is 17.2 Å². The number of aryl methyl sites for hydroxylation is 1. The zero-order valence-electron chi connectivity index (χ0n) is 37.7. The fourth-order valence-electron chi connectivity index (χ4n) is 7.37. The number of aromatic nitrogens is 1. The Bertz CT molecular complexity index is 2020. The SMILES string of the molecule is C=C1N(C)C=C(C(=O)Nc2ccc(F)c(-c3cccc(-c4cc5c(c(OC)n4)C(C)CC5)c3Cl)c2C)C(=O)N1C.CC.CC[C@@H](C)CCC(CC)(CC)NC(=O)C(C)C. The maximum atomic E-state index is 15.4. The molecule has 0 spiro atoms. The van der Waals surface area contributed by atoms with Gasteiger partial charge in [-0.05, 0) is 86.6 Å². The van der Waals surface area contributed by atoms with Gasteiger partial charge in [-0.1, -0.05) is 105 Å². The molecule has 1 aliphatic carbocycles. The summed E-state index contributed by atoms with van der Waals surface area (Å²) in [6, 6.07) is 10.2. The van der Waals surface area contributed by atoms with Gasteiger partial charge in [-0.2, -0.15) is 0 Å². The number of amides is 3. The lowest BCUT2D eigenvalue weighted by molar-refractivity contribution is -0.128. The average Bonchev–Trinajstić information content (AvgIpc) is 3.61. The summed E-state index contributed by atoms with van der Waals surface area (Å²) in [7, 11) is 4.85. The topological polar surface area (TPSA) is 104 Å². The monoisotopic (exact) mass is 831 g/mol. The first-order chi connectivity index (χ1) is 27.9. The van der Waals surface area contributed by atoms with E-state index < -0.39 is 17.6 Å². The summed E-state index contributed by atoms with van der Waals surface area (Å²) < 4.78 is 21.0. The van der Waals surface area contributed by atoms with Gasteiger partial charge in [0, 0.05) is 59.7 Å². The minimum absolute atomic E-state index is 0.0186. The maximum absolute atomic E-state index is 15.4. The highest BCUT2D eigenvalue weighted by Crippen LogP contribution is 2.44. The van der Waals surface area contributed by atoms with E-state index in [0.717, 1.165) is 43.6 Å². The number of ether oxygens (including phenoxy) is 1. The second kappa shape index (κ2) is 21.5. The lowest BCUT2D eigenvalue weighted by Gasteiger charge is -2.34. The van der Waals surface area contributed by atoms with Crippen molar-refractivity contribution in [2.24, 2.45) is 11.8 Å². The third-order valence-corrected chi connectivity index (χ3v) is 12.2. The molecule has 2 aliphatic rings. The van der Waals surface area contributed by atoms with Crippen LogP contribution in [-0.2, 0) is 20.8 Å². The first kappa shape index (κ1) is 48.7. The van der Waals surface area contributed by atoms with Gasteiger partial charge < -0.3 is 20.3 Å². The first-order valence-electron chi connectivity index (χ1n) is 21.1. The summed E-state index contributed by atoms with van der Waals surface area (Å²) >= 11 is 6.93. The second-order valence-electron chi connectivity index (χ2n) is 15.9. The summed E-state index contributed by atoms with van der Waals surface area (Å²) in [5.41, 5.74) is 5.09. The van der Waals surface area contributed by atoms with Gasteiger partial charge in [-0.25, -0.2) is 9.37 Å². The molecule has 0 radical (unpaired) electrons. The normalized spacial score (nSPS) is 15.4. The molecule has 2 heterocycles. The van der Waals surface area contributed by atoms with Crippen LogP contribution in [0.2, 0.25) is 5.02 Å². The Morgan fingerprint density at radius 1 is 1.08 bits per heavy atom. The number of likely N-dealkylation sites (N-methyl/N-ethyl adjacent to an activating group) is 1. The summed E-state index contributed by atoms with van der Waals surface area (Å²) in [4.78, 5) is 45.3. The van der Waals surface area contributed by atoms with Crippen LogP contribution in [0.5, 0.6) is 5.88 Å². The highest BCUT2D eigenvalue weighted by atomic mass is 35.5. The summed E-state index contributed by atoms with van der Waals surface area (Å²) in [6.45, 7) is 24.5. The molecule has 0 saturated heterocycles. The van der Waals surface area contributed by atoms with E-state index >= 15 is 4.39 Å². The molecule has 0 fully saturated rings. The minimum atomic E-state index is -0.611. The van der Waals surface area contributed by atoms with Crippen molar-refractivity contribution in [3.8, 4) is 28.3 Å². The van der Waals surface area contributed by atoms with Crippen molar-refractivity contribution in [3.63, 3.8) is 0 Å². The first-order valence-corrected chi connectivity index (χ1v) is 21.5. The Labute approximate surface area is 357 Å². The average molecular weight is 833 g/mol. The van der Waals surface area contributed by atoms with E-state index in [1.165, 1.54) is 41.6 Å². The molecule has 0 bridgehead atoms. The molecule has 0 saturated carbocycles. The number of nitrogens with zero attached hydrogens (tertiary/aromatic N) is 3. The number of fused-ring (bicyclic) bond motifs is 1. The van der Waals surface area contributed by atoms with Crippen LogP contribution in [0.1, 0.15) is 123 Å². The van der Waals surface area contributed by atoms with Crippen LogP contribution in [0.15, 0.2) is 60.6 Å². The maximum Gasteiger partial charge on any atom is 0.266 e. The zero-order valence-corrected chi connectivity index (χ0v) is 38.4. The molecule has 1 unspecified atom stereocenters. The Morgan fingerprint density at radius 2 is 1.73 bits per heavy atom. The number of nitrogens with one attached hydrogen (secondary N) is 2. The number of carbonyl (C=O) groups is 3. The van der Waals surface area contributed by atoms with Gasteiger partial charge in [0.25, 0.3) is 11.8 Å². The van der Waals surface area contributed by atoms with E-state index in [1.807, 2.05) is 39.8 Å². The van der Waals surface area contributed by atoms with E-state index in [4.69, 9.17) is 21.3 Å². The van der Waals surface area contributed by atoms with Crippen molar-refractivity contribution in [3.05, 3.63) is 88.1 Å². The number of hydrogen-bond donors (Lipinski definition) is 2. The van der Waals surface area contributed by atoms with Crippen LogP contribution < -0.4 is 15.4 Å². The van der Waals surface area contributed by atoms with Crippen molar-refractivity contribution in [2.75, 3.05) is 26.5 Å². The summed E-state index contributed by atoms with van der Waals surface area (Å²) in [5, 5.41) is 6.37. The number of methoxy groups -OCH3 is 1. The summed E-state index contributed by atoms with van der Waals surface area (Å²) in [5.74, 6) is 0.827. The molecule has 11 heteroatoms. The van der Waals surface area contributed by atoms with E-state index in [1.54, 1.807) is 45.2 Å². The Morgan fingerprint density at radius 3 is 2.32 bits per heavy atom. The Balaban J connectivity index is 0.000000414. The third-order valence-electron chi connectivity index (χ3n) is 11.8. The number of benzene rings is 2. The standard InChI is InChI=1S/C31H30ClFN4O3.C15H31NO.C2H6/c1-16-10-11-19-14-25(35-30(40-6)26(16)19)20-8-7-9-21(28(20)32)27-17(2)24(13-12-23(27)33)34-29(38)22-15-36(4)18(3)37(5)31(22)39;1-7-13(6)10-11-15(8-2,9-3)16-14(17)12(4)5;1-2/h7-9,12-16H,3,10-11H2,1-2,4-6H3,(H,34,38);12-13H,7-11H2,1-6H3,(H,16,17);1-2H3/t;13-;/m.1./s1. The van der Waals surface area contributed by atoms with Crippen molar-refractivity contribution >= 4 is 35.0 Å². The fourth-order valence-corrected chi connectivity index (χ4v) is 7.69. The van der Waals surface area contributed by atoms with Crippen LogP contribution in [-0.4, -0.2) is 59.2 Å². The molecule has 3 amide bonds. The highest BCUT2D eigenvalue weighted by Gasteiger charge is 2.31. The quantitative estimate of drug-likeness (QED) is 0.166. The molecule has 3 aromatic rings. The number of anilines is 1. The Kier molecular flexibility index (Phi) is 17.8. The minimum Gasteiger partial charge on any atom is -0.481 e. The van der Waals surface area contributed by atoms with Gasteiger partial charge in [-0.3, -0.25) is 19.3 Å². The van der Waals surface area contributed by atoms with Crippen LogP contribution in [0.4, 0.5) is 10.1 Å². The van der Waals surface area contributed by atoms with E-state index in [0.29, 0.717) is 50.7 Å². The molecule has 2 atom stereocenters. The van der Waals surface area contributed by atoms with E-state index in [9.17, 15) is 14.4 Å². The number of carbonyl (C=O) groups excluding carboxylic acids is 3. The van der Waals surface area contributed by atoms with Crippen LogP contribution in [0.25, 0.3) is 22.4 Å². The molecule has 322 valence electrons. The largest absolute Gasteiger partial charge is 0.481 e. The lowest BCUT2D eigenvalue weighted by Crippen LogP contribution is -2.49. The molecule has 59 heavy (non-hydrogen) atoms. The predicted octanol–water partition coefficient (Wildman–Crippen LogP) is 11.4. The van der Waals surface area contributed by atoms with E-state index in [-0.39, 0.29) is 28.5 Å². The van der Waals surface area contributed by atoms with Crippen molar-refractivity contribution < 1.29 is 23.5 Å². The molecule has 5 rings (SSSR count). The molecule has 2 N–H and O–H groups in total. The third kappa shape index (κ3) is 11.1. The summed E-state index contributed by atoms with van der Waals surface area (Å²) in [6.07, 6.45) is 8.96. The smallest absolute Gasteiger partial charge is 0.266 e. The molecular weight excluding hydrogens is 765 g/mol. The van der Waals surface area contributed by atoms with E-state index in [2.05, 4.69) is 51.8 Å². The number of hydrogen-bond acceptors (Lipinski definition) is 6. The van der Waals surface area contributed by atoms with Gasteiger partial charge in [-0.15, -0.1) is 0 Å². The predicted molar refractivity (Wildman–Crippen MR) is 241 cm³/mol. The van der Waals surface area contributed by atoms with Gasteiger partial charge in [0.05, 0.1) is 17.8 Å². The Hall–Kier alpha value is -4.70. The number of rotatable bonds is 13. The molecule has 1 aliphatic heterocycles. The molecule has 1 aromatic heterocycles. The molecular formula is C48H67ClFN5O4. The fraction of sp³-hybridized carbons (Fsp3) is 0.500. The zero-order chi connectivity index (χ0) is 44.4. The van der Waals surface area contributed by atoms with Crippen LogP contribution in [0, 0.1) is 24.6 Å². The lowest BCUT2D eigenvalue weighted by atomic mass is 9.84. The molecule has 2 aromatic carbocycles. The van der Waals surface area contributed by atoms with Crippen molar-refractivity contribution in [2.45, 2.75) is 126 Å². The van der Waals surface area contributed by atoms with Crippen molar-refractivity contribution in [1.82, 2.24) is 20.1 Å². The van der Waals surface area contributed by atoms with Crippen LogP contribution >= 0.6 is 11.6 Å². The molecule has 9 nitrogen and oxygen atoms in total. The second-order valence-corrected chi connectivity index (χ2v) is 16.2. The van der Waals surface area contributed by atoms with Crippen molar-refractivity contribution in [1.29, 1.82) is 0 Å².